The topological polar surface area (TPSA) is 57.5 Å². The number of likely N-dealkylation sites (tertiary alicyclic amines) is 1. The number of hydrogen-bond acceptors (Lipinski definition) is 3. The van der Waals surface area contributed by atoms with Crippen LogP contribution in [0, 0.1) is 6.92 Å². The second-order valence-electron chi connectivity index (χ2n) is 6.33. The third kappa shape index (κ3) is 4.38. The van der Waals surface area contributed by atoms with Gasteiger partial charge in [-0.25, -0.2) is 4.79 Å². The number of carbonyl (C=O) groups excluding carboxylic acids is 1. The van der Waals surface area contributed by atoms with E-state index in [4.69, 9.17) is 4.42 Å². The summed E-state index contributed by atoms with van der Waals surface area (Å²) in [5, 5.41) is 5.87. The Labute approximate surface area is 143 Å². The number of nitrogens with zero attached hydrogens (tertiary/aromatic N) is 1. The first-order chi connectivity index (χ1) is 11.7. The Morgan fingerprint density at radius 1 is 1.21 bits per heavy atom. The molecule has 128 valence electrons. The number of carbonyl (C=O) groups is 1. The normalized spacial score (nSPS) is 16.5. The maximum absolute atomic E-state index is 12.2. The van der Waals surface area contributed by atoms with E-state index < -0.39 is 0 Å². The van der Waals surface area contributed by atoms with E-state index >= 15 is 0 Å². The van der Waals surface area contributed by atoms with Gasteiger partial charge in [-0.15, -0.1) is 0 Å². The zero-order valence-electron chi connectivity index (χ0n) is 14.1. The van der Waals surface area contributed by atoms with Crippen molar-refractivity contribution < 1.29 is 9.21 Å². The van der Waals surface area contributed by atoms with Crippen molar-refractivity contribution in [2.24, 2.45) is 0 Å². The second-order valence-corrected chi connectivity index (χ2v) is 6.33. The summed E-state index contributed by atoms with van der Waals surface area (Å²) < 4.78 is 5.60. The molecule has 1 aliphatic rings. The summed E-state index contributed by atoms with van der Waals surface area (Å²) in [5.41, 5.74) is 1.93. The Morgan fingerprint density at radius 2 is 2.04 bits per heavy atom. The Bertz CT molecular complexity index is 648. The minimum Gasteiger partial charge on any atom is -0.468 e. The van der Waals surface area contributed by atoms with E-state index in [1.807, 2.05) is 43.3 Å². The minimum atomic E-state index is -0.186. The van der Waals surface area contributed by atoms with Crippen molar-refractivity contribution in [1.82, 2.24) is 10.2 Å². The molecule has 24 heavy (non-hydrogen) atoms. The van der Waals surface area contributed by atoms with Gasteiger partial charge in [-0.05, 0) is 62.7 Å². The third-order valence-electron chi connectivity index (χ3n) is 4.43. The van der Waals surface area contributed by atoms with E-state index in [0.717, 1.165) is 30.1 Å². The van der Waals surface area contributed by atoms with Gasteiger partial charge in [0.1, 0.15) is 5.76 Å². The first-order valence-corrected chi connectivity index (χ1v) is 8.61. The number of anilines is 1. The number of furan rings is 1. The quantitative estimate of drug-likeness (QED) is 0.874. The largest absolute Gasteiger partial charge is 0.468 e. The Morgan fingerprint density at radius 3 is 2.75 bits per heavy atom. The van der Waals surface area contributed by atoms with E-state index in [1.54, 1.807) is 6.26 Å². The zero-order chi connectivity index (χ0) is 16.8. The maximum Gasteiger partial charge on any atom is 0.319 e. The van der Waals surface area contributed by atoms with Gasteiger partial charge in [0.15, 0.2) is 0 Å². The standard InChI is InChI=1S/C19H25N3O2/c1-15-7-5-8-16(13-15)21-19(23)20-14-17(18-9-6-12-24-18)22-10-3-2-4-11-22/h5-9,12-13,17H,2-4,10-11,14H2,1H3,(H2,20,21,23)/t17-/m1/s1. The Hall–Kier alpha value is -2.27. The summed E-state index contributed by atoms with van der Waals surface area (Å²) in [6.07, 6.45) is 5.38. The van der Waals surface area contributed by atoms with E-state index in [1.165, 1.54) is 19.3 Å². The number of amides is 2. The lowest BCUT2D eigenvalue weighted by molar-refractivity contribution is 0.144. The zero-order valence-corrected chi connectivity index (χ0v) is 14.1. The number of hydrogen-bond donors (Lipinski definition) is 2. The van der Waals surface area contributed by atoms with Gasteiger partial charge in [-0.1, -0.05) is 18.6 Å². The van der Waals surface area contributed by atoms with Crippen LogP contribution in [0.2, 0.25) is 0 Å². The van der Waals surface area contributed by atoms with Gasteiger partial charge >= 0.3 is 6.03 Å². The molecule has 5 heteroatoms. The molecule has 5 nitrogen and oxygen atoms in total. The van der Waals surface area contributed by atoms with Crippen molar-refractivity contribution in [3.63, 3.8) is 0 Å². The lowest BCUT2D eigenvalue weighted by Gasteiger charge is -2.33. The van der Waals surface area contributed by atoms with E-state index in [9.17, 15) is 4.79 Å². The van der Waals surface area contributed by atoms with Crippen LogP contribution in [0.5, 0.6) is 0 Å². The first kappa shape index (κ1) is 16.6. The van der Waals surface area contributed by atoms with Crippen LogP contribution in [0.25, 0.3) is 0 Å². The molecule has 1 aromatic heterocycles. The first-order valence-electron chi connectivity index (χ1n) is 8.61. The molecule has 1 aromatic carbocycles. The molecule has 3 rings (SSSR count). The summed E-state index contributed by atoms with van der Waals surface area (Å²) in [5.74, 6) is 0.910. The Kier molecular flexibility index (Phi) is 5.54. The predicted molar refractivity (Wildman–Crippen MR) is 95.1 cm³/mol. The minimum absolute atomic E-state index is 0.0866. The van der Waals surface area contributed by atoms with Crippen LogP contribution in [0.1, 0.15) is 36.6 Å². The monoisotopic (exact) mass is 327 g/mol. The average Bonchev–Trinajstić information content (AvgIpc) is 3.10. The number of aryl methyl sites for hydroxylation is 1. The molecule has 1 aliphatic heterocycles. The van der Waals surface area contributed by atoms with Crippen LogP contribution in [-0.4, -0.2) is 30.6 Å². The van der Waals surface area contributed by atoms with Crippen molar-refractivity contribution in [3.8, 4) is 0 Å². The number of rotatable bonds is 5. The van der Waals surface area contributed by atoms with Gasteiger partial charge in [0.05, 0.1) is 12.3 Å². The van der Waals surface area contributed by atoms with Crippen molar-refractivity contribution in [3.05, 3.63) is 54.0 Å². The maximum atomic E-state index is 12.2. The van der Waals surface area contributed by atoms with Crippen LogP contribution in [0.4, 0.5) is 10.5 Å². The molecule has 0 radical (unpaired) electrons. The molecule has 1 fully saturated rings. The number of nitrogens with one attached hydrogen (secondary N) is 2. The van der Waals surface area contributed by atoms with E-state index in [0.29, 0.717) is 6.54 Å². The highest BCUT2D eigenvalue weighted by Gasteiger charge is 2.24. The molecule has 2 amide bonds. The van der Waals surface area contributed by atoms with Crippen LogP contribution in [0.3, 0.4) is 0 Å². The summed E-state index contributed by atoms with van der Waals surface area (Å²) in [6, 6.07) is 11.6. The summed E-state index contributed by atoms with van der Waals surface area (Å²) in [4.78, 5) is 14.6. The molecule has 2 aromatic rings. The van der Waals surface area contributed by atoms with Gasteiger partial charge in [-0.3, -0.25) is 4.90 Å². The van der Waals surface area contributed by atoms with E-state index in [-0.39, 0.29) is 12.1 Å². The number of benzene rings is 1. The fourth-order valence-corrected chi connectivity index (χ4v) is 3.21. The van der Waals surface area contributed by atoms with Gasteiger partial charge in [0, 0.05) is 12.2 Å². The van der Waals surface area contributed by atoms with Gasteiger partial charge in [-0.2, -0.15) is 0 Å². The second kappa shape index (κ2) is 8.02. The van der Waals surface area contributed by atoms with Crippen molar-refractivity contribution in [2.45, 2.75) is 32.2 Å². The van der Waals surface area contributed by atoms with Crippen LogP contribution in [0.15, 0.2) is 47.1 Å². The molecule has 0 bridgehead atoms. The fraction of sp³-hybridized carbons (Fsp3) is 0.421. The molecular formula is C19H25N3O2. The van der Waals surface area contributed by atoms with Crippen LogP contribution >= 0.6 is 0 Å². The lowest BCUT2D eigenvalue weighted by Crippen LogP contribution is -2.41. The highest BCUT2D eigenvalue weighted by atomic mass is 16.3. The molecule has 2 N–H and O–H groups in total. The summed E-state index contributed by atoms with van der Waals surface area (Å²) in [6.45, 7) is 4.64. The van der Waals surface area contributed by atoms with Crippen molar-refractivity contribution >= 4 is 11.7 Å². The molecule has 0 aliphatic carbocycles. The van der Waals surface area contributed by atoms with Crippen molar-refractivity contribution in [2.75, 3.05) is 25.0 Å². The smallest absolute Gasteiger partial charge is 0.319 e. The fourth-order valence-electron chi connectivity index (χ4n) is 3.21. The average molecular weight is 327 g/mol. The van der Waals surface area contributed by atoms with Gasteiger partial charge < -0.3 is 15.1 Å². The summed E-state index contributed by atoms with van der Waals surface area (Å²) in [7, 11) is 0. The molecule has 1 atom stereocenters. The molecule has 0 spiro atoms. The van der Waals surface area contributed by atoms with Crippen LogP contribution < -0.4 is 10.6 Å². The molecular weight excluding hydrogens is 302 g/mol. The molecule has 0 unspecified atom stereocenters. The lowest BCUT2D eigenvalue weighted by atomic mass is 10.1. The third-order valence-corrected chi connectivity index (χ3v) is 4.43. The Balaban J connectivity index is 1.59. The van der Waals surface area contributed by atoms with Gasteiger partial charge in [0.25, 0.3) is 0 Å². The molecule has 0 saturated carbocycles. The van der Waals surface area contributed by atoms with Gasteiger partial charge in [0.2, 0.25) is 0 Å². The highest BCUT2D eigenvalue weighted by molar-refractivity contribution is 5.89. The SMILES string of the molecule is Cc1cccc(NC(=O)NC[C@H](c2ccco2)N2CCCCC2)c1. The van der Waals surface area contributed by atoms with Crippen molar-refractivity contribution in [1.29, 1.82) is 0 Å². The molecule has 1 saturated heterocycles. The number of piperidine rings is 1. The molecule has 2 heterocycles. The summed E-state index contributed by atoms with van der Waals surface area (Å²) >= 11 is 0. The predicted octanol–water partition coefficient (Wildman–Crippen LogP) is 3.94. The van der Waals surface area contributed by atoms with Crippen LogP contribution in [-0.2, 0) is 0 Å². The van der Waals surface area contributed by atoms with E-state index in [2.05, 4.69) is 15.5 Å². The number of urea groups is 1. The highest BCUT2D eigenvalue weighted by Crippen LogP contribution is 2.24.